The molecular formula is C10H17NO. The van der Waals surface area contributed by atoms with E-state index >= 15 is 0 Å². The van der Waals surface area contributed by atoms with Crippen molar-refractivity contribution in [2.24, 2.45) is 0 Å². The van der Waals surface area contributed by atoms with E-state index in [2.05, 4.69) is 4.90 Å². The number of hydrogen-bond acceptors (Lipinski definition) is 2. The number of likely N-dealkylation sites (tertiary alicyclic amines) is 1. The van der Waals surface area contributed by atoms with Crippen LogP contribution in [-0.4, -0.2) is 36.2 Å². The summed E-state index contributed by atoms with van der Waals surface area (Å²) in [7, 11) is 0. The zero-order valence-electron chi connectivity index (χ0n) is 7.54. The van der Waals surface area contributed by atoms with E-state index in [1.54, 1.807) is 0 Å². The summed E-state index contributed by atoms with van der Waals surface area (Å²) < 4.78 is 5.43. The van der Waals surface area contributed by atoms with Crippen molar-refractivity contribution in [1.82, 2.24) is 4.90 Å². The predicted molar refractivity (Wildman–Crippen MR) is 47.1 cm³/mol. The summed E-state index contributed by atoms with van der Waals surface area (Å²) in [6.45, 7) is 2.46. The minimum atomic E-state index is 0.631. The average Bonchev–Trinajstić information content (AvgIpc) is 2.75. The lowest BCUT2D eigenvalue weighted by Crippen LogP contribution is -2.37. The third kappa shape index (κ3) is 1.17. The second-order valence-electron chi connectivity index (χ2n) is 4.46. The fourth-order valence-corrected chi connectivity index (χ4v) is 2.78. The van der Waals surface area contributed by atoms with E-state index in [0.29, 0.717) is 12.2 Å². The molecule has 0 aromatic heterocycles. The molecule has 68 valence electrons. The van der Waals surface area contributed by atoms with Gasteiger partial charge in [-0.05, 0) is 12.8 Å². The van der Waals surface area contributed by atoms with Crippen LogP contribution in [0.3, 0.4) is 0 Å². The predicted octanol–water partition coefficient (Wildman–Crippen LogP) is 1.40. The lowest BCUT2D eigenvalue weighted by atomic mass is 9.94. The molecule has 2 saturated heterocycles. The largest absolute Gasteiger partial charge is 0.367 e. The number of rotatable bonds is 1. The molecule has 3 fully saturated rings. The smallest absolute Gasteiger partial charge is 0.0981 e. The second-order valence-corrected chi connectivity index (χ2v) is 4.46. The van der Waals surface area contributed by atoms with Crippen LogP contribution in [0.4, 0.5) is 0 Å². The normalized spacial score (nSPS) is 43.0. The van der Waals surface area contributed by atoms with Crippen LogP contribution in [0.25, 0.3) is 0 Å². The molecule has 0 radical (unpaired) electrons. The molecule has 2 heteroatoms. The molecule has 0 spiro atoms. The van der Waals surface area contributed by atoms with Gasteiger partial charge in [-0.25, -0.2) is 0 Å². The van der Waals surface area contributed by atoms with Gasteiger partial charge in [-0.2, -0.15) is 0 Å². The summed E-state index contributed by atoms with van der Waals surface area (Å²) in [5.41, 5.74) is 0. The molecule has 12 heavy (non-hydrogen) atoms. The van der Waals surface area contributed by atoms with E-state index in [1.165, 1.54) is 45.2 Å². The van der Waals surface area contributed by atoms with E-state index in [9.17, 15) is 0 Å². The molecule has 3 rings (SSSR count). The van der Waals surface area contributed by atoms with Gasteiger partial charge >= 0.3 is 0 Å². The van der Waals surface area contributed by atoms with Crippen LogP contribution >= 0.6 is 0 Å². The lowest BCUT2D eigenvalue weighted by Gasteiger charge is -2.31. The Morgan fingerprint density at radius 1 is 0.917 bits per heavy atom. The fraction of sp³-hybridized carbons (Fsp3) is 1.00. The fourth-order valence-electron chi connectivity index (χ4n) is 2.78. The molecule has 1 saturated carbocycles. The van der Waals surface area contributed by atoms with Crippen LogP contribution in [0.1, 0.15) is 32.1 Å². The minimum absolute atomic E-state index is 0.631. The first-order chi connectivity index (χ1) is 5.93. The molecule has 2 unspecified atom stereocenters. The van der Waals surface area contributed by atoms with E-state index in [1.807, 2.05) is 0 Å². The van der Waals surface area contributed by atoms with Gasteiger partial charge in [-0.3, -0.25) is 4.90 Å². The van der Waals surface area contributed by atoms with E-state index in [0.717, 1.165) is 6.04 Å². The summed E-state index contributed by atoms with van der Waals surface area (Å²) >= 11 is 0. The first kappa shape index (κ1) is 7.34. The first-order valence-electron chi connectivity index (χ1n) is 5.33. The van der Waals surface area contributed by atoms with Crippen LogP contribution in [0.5, 0.6) is 0 Å². The molecule has 0 N–H and O–H groups in total. The van der Waals surface area contributed by atoms with Crippen molar-refractivity contribution in [2.75, 3.05) is 13.1 Å². The van der Waals surface area contributed by atoms with Crippen LogP contribution in [0.2, 0.25) is 0 Å². The summed E-state index contributed by atoms with van der Waals surface area (Å²) in [5, 5.41) is 0. The Kier molecular flexibility index (Phi) is 1.66. The minimum Gasteiger partial charge on any atom is -0.367 e. The van der Waals surface area contributed by atoms with Crippen LogP contribution in [0, 0.1) is 0 Å². The first-order valence-corrected chi connectivity index (χ1v) is 5.33. The Morgan fingerprint density at radius 3 is 2.25 bits per heavy atom. The Bertz CT molecular complexity index is 167. The van der Waals surface area contributed by atoms with Gasteiger partial charge in [-0.1, -0.05) is 19.3 Å². The topological polar surface area (TPSA) is 15.8 Å². The maximum absolute atomic E-state index is 5.43. The molecule has 3 aliphatic rings. The number of ether oxygens (including phenoxy) is 1. The van der Waals surface area contributed by atoms with Crippen LogP contribution in [-0.2, 0) is 4.74 Å². The monoisotopic (exact) mass is 167 g/mol. The zero-order chi connectivity index (χ0) is 7.97. The quantitative estimate of drug-likeness (QED) is 0.549. The van der Waals surface area contributed by atoms with Gasteiger partial charge in [0.1, 0.15) is 0 Å². The zero-order valence-corrected chi connectivity index (χ0v) is 7.54. The Labute approximate surface area is 73.9 Å². The summed E-state index contributed by atoms with van der Waals surface area (Å²) in [4.78, 5) is 2.66. The number of epoxide rings is 1. The van der Waals surface area contributed by atoms with Crippen LogP contribution in [0.15, 0.2) is 0 Å². The molecule has 0 aromatic carbocycles. The van der Waals surface area contributed by atoms with E-state index < -0.39 is 0 Å². The number of morpholine rings is 1. The van der Waals surface area contributed by atoms with Crippen molar-refractivity contribution in [3.8, 4) is 0 Å². The summed E-state index contributed by atoms with van der Waals surface area (Å²) in [6, 6.07) is 0.912. The van der Waals surface area contributed by atoms with Crippen molar-refractivity contribution < 1.29 is 4.74 Å². The van der Waals surface area contributed by atoms with Crippen molar-refractivity contribution in [3.05, 3.63) is 0 Å². The lowest BCUT2D eigenvalue weighted by molar-refractivity contribution is 0.129. The molecule has 0 amide bonds. The van der Waals surface area contributed by atoms with Gasteiger partial charge in [0, 0.05) is 19.1 Å². The van der Waals surface area contributed by atoms with Gasteiger partial charge < -0.3 is 4.74 Å². The van der Waals surface area contributed by atoms with Gasteiger partial charge in [0.2, 0.25) is 0 Å². The van der Waals surface area contributed by atoms with Crippen molar-refractivity contribution in [2.45, 2.75) is 50.4 Å². The highest BCUT2D eigenvalue weighted by Crippen LogP contribution is 2.34. The highest BCUT2D eigenvalue weighted by Gasteiger charge is 2.48. The number of fused-ring (bicyclic) bond motifs is 1. The summed E-state index contributed by atoms with van der Waals surface area (Å²) in [6.07, 6.45) is 8.53. The summed E-state index contributed by atoms with van der Waals surface area (Å²) in [5.74, 6) is 0. The molecule has 2 atom stereocenters. The molecular weight excluding hydrogens is 150 g/mol. The Hall–Kier alpha value is -0.0800. The van der Waals surface area contributed by atoms with Gasteiger partial charge in [0.15, 0.2) is 0 Å². The van der Waals surface area contributed by atoms with E-state index in [-0.39, 0.29) is 0 Å². The molecule has 2 aliphatic heterocycles. The standard InChI is InChI=1S/C10H17NO/c1-2-4-8(5-3-1)11-6-9-10(7-11)12-9/h8-10H,1-7H2. The van der Waals surface area contributed by atoms with Crippen molar-refractivity contribution >= 4 is 0 Å². The number of hydrogen-bond donors (Lipinski definition) is 0. The highest BCUT2D eigenvalue weighted by molar-refractivity contribution is 4.99. The van der Waals surface area contributed by atoms with Crippen molar-refractivity contribution in [3.63, 3.8) is 0 Å². The second kappa shape index (κ2) is 2.71. The third-order valence-electron chi connectivity index (χ3n) is 3.61. The maximum atomic E-state index is 5.43. The van der Waals surface area contributed by atoms with Crippen LogP contribution < -0.4 is 0 Å². The average molecular weight is 167 g/mol. The molecule has 2 nitrogen and oxygen atoms in total. The molecule has 2 heterocycles. The SMILES string of the molecule is C1CCC(N2CC3OC3C2)CC1. The van der Waals surface area contributed by atoms with Gasteiger partial charge in [0.05, 0.1) is 12.2 Å². The Balaban J connectivity index is 1.58. The highest BCUT2D eigenvalue weighted by atomic mass is 16.6. The van der Waals surface area contributed by atoms with Gasteiger partial charge in [-0.15, -0.1) is 0 Å². The molecule has 1 aliphatic carbocycles. The van der Waals surface area contributed by atoms with Crippen molar-refractivity contribution in [1.29, 1.82) is 0 Å². The maximum Gasteiger partial charge on any atom is 0.0981 e. The third-order valence-corrected chi connectivity index (χ3v) is 3.61. The Morgan fingerprint density at radius 2 is 1.58 bits per heavy atom. The van der Waals surface area contributed by atoms with E-state index in [4.69, 9.17) is 4.74 Å². The number of nitrogens with zero attached hydrogens (tertiary/aromatic N) is 1. The molecule has 0 aromatic rings. The molecule has 0 bridgehead atoms. The van der Waals surface area contributed by atoms with Gasteiger partial charge in [0.25, 0.3) is 0 Å².